The first-order valence-electron chi connectivity index (χ1n) is 9.68. The number of halogens is 2. The molecule has 3 heterocycles. The lowest BCUT2D eigenvalue weighted by Gasteiger charge is -2.34. The van der Waals surface area contributed by atoms with Gasteiger partial charge in [0.05, 0.1) is 0 Å². The summed E-state index contributed by atoms with van der Waals surface area (Å²) in [4.78, 5) is 17.7. The van der Waals surface area contributed by atoms with E-state index in [-0.39, 0.29) is 30.7 Å². The molecule has 0 aliphatic carbocycles. The molecule has 0 atom stereocenters. The number of rotatable bonds is 3. The Morgan fingerprint density at radius 2 is 1.77 bits per heavy atom. The van der Waals surface area contributed by atoms with Gasteiger partial charge in [0.25, 0.3) is 5.91 Å². The first kappa shape index (κ1) is 21.3. The summed E-state index contributed by atoms with van der Waals surface area (Å²) < 4.78 is 0. The van der Waals surface area contributed by atoms with Crippen LogP contribution in [0.25, 0.3) is 0 Å². The smallest absolute Gasteiger partial charge is 0.254 e. The molecule has 26 heavy (non-hydrogen) atoms. The summed E-state index contributed by atoms with van der Waals surface area (Å²) in [5.74, 6) is 1.02. The van der Waals surface area contributed by atoms with E-state index < -0.39 is 0 Å². The van der Waals surface area contributed by atoms with Crippen molar-refractivity contribution in [2.75, 3.05) is 44.6 Å². The molecule has 1 aromatic carbocycles. The second-order valence-electron chi connectivity index (χ2n) is 7.61. The fourth-order valence-electron chi connectivity index (χ4n) is 4.53. The number of carbonyl (C=O) groups is 1. The zero-order chi connectivity index (χ0) is 16.4. The third-order valence-corrected chi connectivity index (χ3v) is 5.94. The summed E-state index contributed by atoms with van der Waals surface area (Å²) >= 11 is 0. The molecule has 1 N–H and O–H groups in total. The monoisotopic (exact) mass is 399 g/mol. The summed E-state index contributed by atoms with van der Waals surface area (Å²) in [7, 11) is 0. The number of nitrogens with one attached hydrogen (secondary N) is 1. The maximum Gasteiger partial charge on any atom is 0.254 e. The summed E-state index contributed by atoms with van der Waals surface area (Å²) in [5.41, 5.74) is 3.32. The number of piperidine rings is 1. The Balaban J connectivity index is 0.00000121. The number of likely N-dealkylation sites (tertiary alicyclic amines) is 2. The minimum absolute atomic E-state index is 0. The van der Waals surface area contributed by atoms with Crippen LogP contribution in [0.5, 0.6) is 0 Å². The molecular formula is C20H31Cl2N3O. The van der Waals surface area contributed by atoms with E-state index in [2.05, 4.69) is 21.2 Å². The van der Waals surface area contributed by atoms with Crippen molar-refractivity contribution in [2.45, 2.75) is 38.5 Å². The van der Waals surface area contributed by atoms with E-state index in [1.54, 1.807) is 0 Å². The first-order valence-corrected chi connectivity index (χ1v) is 9.68. The highest BCUT2D eigenvalue weighted by atomic mass is 35.5. The van der Waals surface area contributed by atoms with Gasteiger partial charge in [-0.3, -0.25) is 4.79 Å². The SMILES string of the molecule is Cl.Cl.O=C(c1cccc2c1CCCN2)N1CCC(CN2CCCC2)CC1. The third-order valence-electron chi connectivity index (χ3n) is 5.94. The Kier molecular flexibility index (Phi) is 8.05. The lowest BCUT2D eigenvalue weighted by molar-refractivity contribution is 0.0672. The molecule has 0 unspecified atom stereocenters. The second-order valence-corrected chi connectivity index (χ2v) is 7.61. The van der Waals surface area contributed by atoms with Crippen LogP contribution in [-0.4, -0.2) is 55.0 Å². The van der Waals surface area contributed by atoms with Gasteiger partial charge in [-0.1, -0.05) is 6.07 Å². The largest absolute Gasteiger partial charge is 0.385 e. The Bertz CT molecular complexity index is 597. The van der Waals surface area contributed by atoms with E-state index in [9.17, 15) is 4.79 Å². The quantitative estimate of drug-likeness (QED) is 0.838. The fourth-order valence-corrected chi connectivity index (χ4v) is 4.53. The second kappa shape index (κ2) is 9.82. The molecule has 2 fully saturated rings. The van der Waals surface area contributed by atoms with E-state index in [0.717, 1.165) is 62.5 Å². The molecular weight excluding hydrogens is 369 g/mol. The first-order chi connectivity index (χ1) is 11.8. The van der Waals surface area contributed by atoms with Crippen molar-refractivity contribution in [1.29, 1.82) is 0 Å². The van der Waals surface area contributed by atoms with E-state index in [1.807, 2.05) is 12.1 Å². The molecule has 0 saturated carbocycles. The number of benzene rings is 1. The van der Waals surface area contributed by atoms with Crippen LogP contribution in [0.4, 0.5) is 5.69 Å². The maximum absolute atomic E-state index is 13.0. The number of nitrogens with zero attached hydrogens (tertiary/aromatic N) is 2. The van der Waals surface area contributed by atoms with E-state index in [4.69, 9.17) is 0 Å². The average Bonchev–Trinajstić information content (AvgIpc) is 3.14. The summed E-state index contributed by atoms with van der Waals surface area (Å²) in [6.45, 7) is 6.67. The van der Waals surface area contributed by atoms with Gasteiger partial charge in [0.15, 0.2) is 0 Å². The molecule has 0 aromatic heterocycles. The van der Waals surface area contributed by atoms with Crippen LogP contribution in [0.2, 0.25) is 0 Å². The van der Waals surface area contributed by atoms with Gasteiger partial charge >= 0.3 is 0 Å². The van der Waals surface area contributed by atoms with Gasteiger partial charge < -0.3 is 15.1 Å². The molecule has 2 saturated heterocycles. The summed E-state index contributed by atoms with van der Waals surface area (Å²) in [6.07, 6.45) is 7.20. The number of amides is 1. The number of anilines is 1. The molecule has 4 rings (SSSR count). The molecule has 6 heteroatoms. The van der Waals surface area contributed by atoms with Crippen molar-refractivity contribution in [1.82, 2.24) is 9.80 Å². The van der Waals surface area contributed by atoms with Gasteiger partial charge in [0, 0.05) is 37.4 Å². The van der Waals surface area contributed by atoms with Crippen LogP contribution in [0.15, 0.2) is 18.2 Å². The molecule has 0 spiro atoms. The van der Waals surface area contributed by atoms with Crippen molar-refractivity contribution >= 4 is 36.4 Å². The molecule has 0 radical (unpaired) electrons. The highest BCUT2D eigenvalue weighted by Gasteiger charge is 2.27. The summed E-state index contributed by atoms with van der Waals surface area (Å²) in [5, 5.41) is 3.43. The molecule has 3 aliphatic rings. The Hall–Kier alpha value is -0.970. The van der Waals surface area contributed by atoms with Crippen molar-refractivity contribution in [3.05, 3.63) is 29.3 Å². The average molecular weight is 400 g/mol. The zero-order valence-corrected chi connectivity index (χ0v) is 17.0. The van der Waals surface area contributed by atoms with Crippen molar-refractivity contribution in [3.63, 3.8) is 0 Å². The van der Waals surface area contributed by atoms with Crippen LogP contribution in [0.1, 0.15) is 48.0 Å². The van der Waals surface area contributed by atoms with Crippen molar-refractivity contribution in [3.8, 4) is 0 Å². The molecule has 146 valence electrons. The minimum atomic E-state index is 0. The molecule has 3 aliphatic heterocycles. The number of carbonyl (C=O) groups excluding carboxylic acids is 1. The lowest BCUT2D eigenvalue weighted by Crippen LogP contribution is -2.41. The highest BCUT2D eigenvalue weighted by Crippen LogP contribution is 2.28. The number of hydrogen-bond acceptors (Lipinski definition) is 3. The Morgan fingerprint density at radius 3 is 2.50 bits per heavy atom. The molecule has 4 nitrogen and oxygen atoms in total. The van der Waals surface area contributed by atoms with Crippen LogP contribution in [-0.2, 0) is 6.42 Å². The molecule has 1 amide bonds. The normalized spacial score (nSPS) is 20.5. The predicted molar refractivity (Wildman–Crippen MR) is 112 cm³/mol. The van der Waals surface area contributed by atoms with Crippen LogP contribution < -0.4 is 5.32 Å². The lowest BCUT2D eigenvalue weighted by atomic mass is 9.93. The topological polar surface area (TPSA) is 35.6 Å². The Morgan fingerprint density at radius 1 is 1.04 bits per heavy atom. The fraction of sp³-hybridized carbons (Fsp3) is 0.650. The van der Waals surface area contributed by atoms with Gasteiger partial charge in [-0.2, -0.15) is 0 Å². The minimum Gasteiger partial charge on any atom is -0.385 e. The zero-order valence-electron chi connectivity index (χ0n) is 15.4. The third kappa shape index (κ3) is 4.65. The maximum atomic E-state index is 13.0. The van der Waals surface area contributed by atoms with Crippen LogP contribution in [0, 0.1) is 5.92 Å². The summed E-state index contributed by atoms with van der Waals surface area (Å²) in [6, 6.07) is 6.14. The van der Waals surface area contributed by atoms with Gasteiger partial charge in [0.2, 0.25) is 0 Å². The van der Waals surface area contributed by atoms with Crippen LogP contribution in [0.3, 0.4) is 0 Å². The predicted octanol–water partition coefficient (Wildman–Crippen LogP) is 3.84. The number of fused-ring (bicyclic) bond motifs is 1. The Labute approximate surface area is 169 Å². The highest BCUT2D eigenvalue weighted by molar-refractivity contribution is 5.97. The van der Waals surface area contributed by atoms with Gasteiger partial charge in [0.1, 0.15) is 0 Å². The van der Waals surface area contributed by atoms with E-state index >= 15 is 0 Å². The van der Waals surface area contributed by atoms with Crippen molar-refractivity contribution in [2.24, 2.45) is 5.92 Å². The van der Waals surface area contributed by atoms with E-state index in [0.29, 0.717) is 0 Å². The van der Waals surface area contributed by atoms with Gasteiger partial charge in [-0.05, 0) is 75.2 Å². The number of hydrogen-bond donors (Lipinski definition) is 1. The van der Waals surface area contributed by atoms with E-state index in [1.165, 1.54) is 38.0 Å². The standard InChI is InChI=1S/C20H29N3O.2ClH/c24-20(18-5-3-7-19-17(18)6-4-10-21-19)23-13-8-16(9-14-23)15-22-11-1-2-12-22;;/h3,5,7,16,21H,1-2,4,6,8-15H2;2*1H. The van der Waals surface area contributed by atoms with Gasteiger partial charge in [-0.15, -0.1) is 24.8 Å². The molecule has 0 bridgehead atoms. The van der Waals surface area contributed by atoms with Crippen LogP contribution >= 0.6 is 24.8 Å². The molecule has 1 aromatic rings. The van der Waals surface area contributed by atoms with Gasteiger partial charge in [-0.25, -0.2) is 0 Å². The van der Waals surface area contributed by atoms with Crippen molar-refractivity contribution < 1.29 is 4.79 Å².